The van der Waals surface area contributed by atoms with E-state index in [9.17, 15) is 19.8 Å². The Hall–Kier alpha value is 0.471. The van der Waals surface area contributed by atoms with Crippen molar-refractivity contribution >= 4 is 60.8 Å². The molecule has 2 N–H and O–H groups in total. The molecule has 0 aromatic heterocycles. The number of carboxylic acid groups (broad SMARTS) is 2. The Morgan fingerprint density at radius 3 is 2.09 bits per heavy atom. The van der Waals surface area contributed by atoms with Crippen molar-refractivity contribution in [3.63, 3.8) is 0 Å². The molecule has 0 bridgehead atoms. The predicted molar refractivity (Wildman–Crippen MR) is 33.0 cm³/mol. The van der Waals surface area contributed by atoms with E-state index in [1.54, 1.807) is 0 Å². The van der Waals surface area contributed by atoms with E-state index in [-0.39, 0.29) is 61.7 Å². The molecule has 0 radical (unpaired) electrons. The molecule has 0 spiro atoms. The molecule has 0 unspecified atom stereocenters. The van der Waals surface area contributed by atoms with Crippen LogP contribution in [0.5, 0.6) is 0 Å². The van der Waals surface area contributed by atoms with Crippen LogP contribution in [0.15, 0.2) is 0 Å². The molecule has 0 aromatic carbocycles. The number of carbonyl (C=O) groups is 2. The Labute approximate surface area is 104 Å². The first kappa shape index (κ1) is 14.0. The summed E-state index contributed by atoms with van der Waals surface area (Å²) in [5, 5.41) is 19.6. The molecule has 0 saturated heterocycles. The molecule has 58 valence electrons. The molecule has 1 atom stereocenters. The van der Waals surface area contributed by atoms with Gasteiger partial charge in [0.05, 0.1) is 5.97 Å². The summed E-state index contributed by atoms with van der Waals surface area (Å²) in [4.78, 5) is 19.6. The maximum Gasteiger partial charge on any atom is 2.00 e. The number of hydrogen-bond donors (Lipinski definition) is 1. The average Bonchev–Trinajstić information content (AvgIpc) is 1.82. The SMILES string of the molecule is N[C@H](CCC(=O)[O-])C(=O)[O-].[Ba+2]. The second-order valence-electron chi connectivity index (χ2n) is 1.84. The fourth-order valence-electron chi connectivity index (χ4n) is 0.391. The van der Waals surface area contributed by atoms with E-state index in [1.807, 2.05) is 0 Å². The van der Waals surface area contributed by atoms with Crippen molar-refractivity contribution in [2.45, 2.75) is 18.9 Å². The van der Waals surface area contributed by atoms with Gasteiger partial charge in [-0.2, -0.15) is 0 Å². The molecular formula is C5H7BaNO4. The van der Waals surface area contributed by atoms with Crippen LogP contribution in [0.3, 0.4) is 0 Å². The first-order valence-electron chi connectivity index (χ1n) is 2.70. The van der Waals surface area contributed by atoms with Crippen molar-refractivity contribution in [3.05, 3.63) is 0 Å². The van der Waals surface area contributed by atoms with Gasteiger partial charge in [-0.3, -0.25) is 0 Å². The number of nitrogens with two attached hydrogens (primary N) is 1. The molecule has 0 aromatic rings. The van der Waals surface area contributed by atoms with Crippen LogP contribution in [0.25, 0.3) is 0 Å². The van der Waals surface area contributed by atoms with Crippen molar-refractivity contribution in [3.8, 4) is 0 Å². The fourth-order valence-corrected chi connectivity index (χ4v) is 0.391. The summed E-state index contributed by atoms with van der Waals surface area (Å²) >= 11 is 0. The molecule has 6 heteroatoms. The molecule has 5 nitrogen and oxygen atoms in total. The molecule has 0 aliphatic heterocycles. The van der Waals surface area contributed by atoms with E-state index in [0.717, 1.165) is 0 Å². The van der Waals surface area contributed by atoms with Crippen LogP contribution < -0.4 is 15.9 Å². The number of hydrogen-bond acceptors (Lipinski definition) is 5. The zero-order valence-electron chi connectivity index (χ0n) is 5.91. The minimum atomic E-state index is -1.44. The Morgan fingerprint density at radius 1 is 1.36 bits per heavy atom. The Bertz CT molecular complexity index is 149. The fraction of sp³-hybridized carbons (Fsp3) is 0.600. The van der Waals surface area contributed by atoms with E-state index in [2.05, 4.69) is 0 Å². The second kappa shape index (κ2) is 7.14. The Morgan fingerprint density at radius 2 is 1.82 bits per heavy atom. The number of aliphatic carboxylic acids is 2. The monoisotopic (exact) mass is 283 g/mol. The van der Waals surface area contributed by atoms with E-state index in [1.165, 1.54) is 0 Å². The van der Waals surface area contributed by atoms with Crippen LogP contribution in [0.4, 0.5) is 0 Å². The number of rotatable bonds is 4. The Balaban J connectivity index is 0. The normalized spacial score (nSPS) is 11.4. The molecule has 0 aliphatic rings. The molecule has 0 heterocycles. The standard InChI is InChI=1S/C5H9NO4.Ba/c6-3(5(9)10)1-2-4(7)8;/h3H,1-2,6H2,(H,7,8)(H,9,10);/q;+2/p-2/t3-;/m1./s1. The zero-order valence-corrected chi connectivity index (χ0v) is 10.3. The van der Waals surface area contributed by atoms with E-state index < -0.39 is 18.0 Å². The van der Waals surface area contributed by atoms with Crippen molar-refractivity contribution in [2.24, 2.45) is 5.73 Å². The van der Waals surface area contributed by atoms with E-state index in [4.69, 9.17) is 5.73 Å². The van der Waals surface area contributed by atoms with Gasteiger partial charge in [0.25, 0.3) is 0 Å². The first-order valence-corrected chi connectivity index (χ1v) is 2.70. The molecule has 0 saturated carbocycles. The quantitative estimate of drug-likeness (QED) is 0.533. The summed E-state index contributed by atoms with van der Waals surface area (Å²) in [6, 6.07) is -1.21. The van der Waals surface area contributed by atoms with Crippen LogP contribution in [-0.2, 0) is 9.59 Å². The van der Waals surface area contributed by atoms with E-state index in [0.29, 0.717) is 0 Å². The average molecular weight is 282 g/mol. The third-order valence-corrected chi connectivity index (χ3v) is 0.962. The third-order valence-electron chi connectivity index (χ3n) is 0.962. The van der Waals surface area contributed by atoms with Gasteiger partial charge < -0.3 is 25.5 Å². The van der Waals surface area contributed by atoms with Crippen LogP contribution in [0.2, 0.25) is 0 Å². The van der Waals surface area contributed by atoms with Crippen molar-refractivity contribution in [1.82, 2.24) is 0 Å². The molecule has 0 rings (SSSR count). The van der Waals surface area contributed by atoms with Gasteiger partial charge in [0, 0.05) is 12.0 Å². The van der Waals surface area contributed by atoms with Crippen molar-refractivity contribution in [1.29, 1.82) is 0 Å². The van der Waals surface area contributed by atoms with Gasteiger partial charge in [0.1, 0.15) is 0 Å². The van der Waals surface area contributed by atoms with Gasteiger partial charge in [0.2, 0.25) is 0 Å². The largest absolute Gasteiger partial charge is 2.00 e. The van der Waals surface area contributed by atoms with Gasteiger partial charge in [-0.1, -0.05) is 0 Å². The van der Waals surface area contributed by atoms with Crippen LogP contribution in [0.1, 0.15) is 12.8 Å². The van der Waals surface area contributed by atoms with Crippen LogP contribution >= 0.6 is 0 Å². The summed E-state index contributed by atoms with van der Waals surface area (Å²) in [6.45, 7) is 0. The minimum absolute atomic E-state index is 0. The second-order valence-corrected chi connectivity index (χ2v) is 1.84. The van der Waals surface area contributed by atoms with Gasteiger partial charge in [0.15, 0.2) is 0 Å². The molecular weight excluding hydrogens is 275 g/mol. The van der Waals surface area contributed by atoms with Crippen LogP contribution in [0, 0.1) is 0 Å². The summed E-state index contributed by atoms with van der Waals surface area (Å²) < 4.78 is 0. The van der Waals surface area contributed by atoms with Gasteiger partial charge in [-0.25, -0.2) is 0 Å². The predicted octanol–water partition coefficient (Wildman–Crippen LogP) is -3.79. The molecule has 11 heavy (non-hydrogen) atoms. The molecule has 0 amide bonds. The number of carbonyl (C=O) groups excluding carboxylic acids is 2. The van der Waals surface area contributed by atoms with E-state index >= 15 is 0 Å². The smallest absolute Gasteiger partial charge is 0.550 e. The summed E-state index contributed by atoms with van der Waals surface area (Å²) in [7, 11) is 0. The summed E-state index contributed by atoms with van der Waals surface area (Å²) in [5.41, 5.74) is 4.91. The topological polar surface area (TPSA) is 106 Å². The summed E-state index contributed by atoms with van der Waals surface area (Å²) in [5.74, 6) is -2.75. The third kappa shape index (κ3) is 8.38. The maximum absolute atomic E-state index is 9.86. The zero-order chi connectivity index (χ0) is 8.15. The maximum atomic E-state index is 9.86. The first-order chi connectivity index (χ1) is 4.54. The minimum Gasteiger partial charge on any atom is -0.550 e. The van der Waals surface area contributed by atoms with Gasteiger partial charge in [-0.15, -0.1) is 0 Å². The summed E-state index contributed by atoms with van der Waals surface area (Å²) in [6.07, 6.45) is -0.500. The molecule has 0 fully saturated rings. The number of carboxylic acids is 2. The van der Waals surface area contributed by atoms with Gasteiger partial charge in [-0.05, 0) is 12.8 Å². The van der Waals surface area contributed by atoms with Gasteiger partial charge >= 0.3 is 48.9 Å². The molecule has 0 aliphatic carbocycles. The van der Waals surface area contributed by atoms with Crippen LogP contribution in [-0.4, -0.2) is 66.9 Å². The Kier molecular flexibility index (Phi) is 9.10. The van der Waals surface area contributed by atoms with Crippen molar-refractivity contribution in [2.75, 3.05) is 0 Å². The van der Waals surface area contributed by atoms with Crippen molar-refractivity contribution < 1.29 is 19.8 Å².